The van der Waals surface area contributed by atoms with E-state index in [1.807, 2.05) is 13.8 Å². The molecule has 1 N–H and O–H groups in total. The molecule has 0 bridgehead atoms. The summed E-state index contributed by atoms with van der Waals surface area (Å²) in [6.07, 6.45) is 0.685. The Morgan fingerprint density at radius 1 is 1.06 bits per heavy atom. The molecule has 0 spiro atoms. The van der Waals surface area contributed by atoms with Gasteiger partial charge in [-0.2, -0.15) is 23.4 Å². The van der Waals surface area contributed by atoms with Gasteiger partial charge in [-0.25, -0.2) is 15.0 Å². The Kier molecular flexibility index (Phi) is 5.17. The molecule has 0 aliphatic heterocycles. The van der Waals surface area contributed by atoms with Gasteiger partial charge >= 0.3 is 6.18 Å². The number of aryl methyl sites for hydroxylation is 1. The van der Waals surface area contributed by atoms with E-state index < -0.39 is 22.5 Å². The van der Waals surface area contributed by atoms with Gasteiger partial charge in [-0.05, 0) is 38.8 Å². The maximum Gasteiger partial charge on any atom is 0.419 e. The molecule has 0 amide bonds. The van der Waals surface area contributed by atoms with Crippen LogP contribution >= 0.6 is 0 Å². The van der Waals surface area contributed by atoms with Gasteiger partial charge < -0.3 is 5.32 Å². The second-order valence-corrected chi connectivity index (χ2v) is 8.42. The van der Waals surface area contributed by atoms with Crippen LogP contribution in [0.5, 0.6) is 0 Å². The van der Waals surface area contributed by atoms with Crippen LogP contribution in [0.4, 0.5) is 24.8 Å². The van der Waals surface area contributed by atoms with Crippen molar-refractivity contribution in [1.82, 2.24) is 34.5 Å². The zero-order valence-corrected chi connectivity index (χ0v) is 17.7. The lowest BCUT2D eigenvalue weighted by Gasteiger charge is -2.23. The molecule has 1 saturated carbocycles. The minimum Gasteiger partial charge on any atom is -0.321 e. The molecule has 160 valence electrons. The summed E-state index contributed by atoms with van der Waals surface area (Å²) in [5.41, 5.74) is -0.480. The average Bonchev–Trinajstić information content (AvgIpc) is 3.26. The van der Waals surface area contributed by atoms with Crippen LogP contribution in [0.3, 0.4) is 0 Å². The highest BCUT2D eigenvalue weighted by Crippen LogP contribution is 2.45. The number of anilines is 2. The fraction of sp³-hybridized carbons (Fsp3) is 0.500. The predicted molar refractivity (Wildman–Crippen MR) is 113 cm³/mol. The third-order valence-corrected chi connectivity index (χ3v) is 5.24. The Balaban J connectivity index is 1.62. The van der Waals surface area contributed by atoms with Gasteiger partial charge in [-0.3, -0.25) is 9.36 Å². The predicted octanol–water partition coefficient (Wildman–Crippen LogP) is 2.07. The number of aromatic nitrogens is 7. The standard InChI is InChI=1S/C18H18B3F3N8/c1-9-12(27-15-25-6-11(17(22,23)24)13(28-15)10-4-5-10)7-31(29-9)16(2,3)14-26-8-32(30-14)18(19,20)21/h6-8,10H,4-5H2,1-3H3,(H,25,27,28). The summed E-state index contributed by atoms with van der Waals surface area (Å²) >= 11 is 0. The van der Waals surface area contributed by atoms with Crippen molar-refractivity contribution >= 4 is 35.2 Å². The van der Waals surface area contributed by atoms with Crippen LogP contribution in [-0.4, -0.2) is 58.1 Å². The Morgan fingerprint density at radius 2 is 1.75 bits per heavy atom. The van der Waals surface area contributed by atoms with Gasteiger partial charge in [-0.1, -0.05) is 0 Å². The van der Waals surface area contributed by atoms with Crippen molar-refractivity contribution in [3.05, 3.63) is 41.5 Å². The first kappa shape index (κ1) is 22.4. The molecule has 3 aromatic rings. The zero-order valence-electron chi connectivity index (χ0n) is 17.7. The Bertz CT molecular complexity index is 1150. The SMILES string of the molecule is [B]C([B])([B])n1cnc(C(C)(C)n2cc(Nc3ncc(C(F)(F)F)c(C4CC4)n3)c(C)n2)n1. The molecule has 32 heavy (non-hydrogen) atoms. The van der Waals surface area contributed by atoms with Gasteiger partial charge in [0.1, 0.15) is 11.9 Å². The highest BCUT2D eigenvalue weighted by Gasteiger charge is 2.40. The molecule has 0 unspecified atom stereocenters. The fourth-order valence-corrected chi connectivity index (χ4v) is 3.16. The number of nitrogens with zero attached hydrogens (tertiary/aromatic N) is 7. The normalized spacial score (nSPS) is 15.2. The lowest BCUT2D eigenvalue weighted by Crippen LogP contribution is -2.36. The summed E-state index contributed by atoms with van der Waals surface area (Å²) in [4.78, 5) is 12.2. The molecule has 4 rings (SSSR count). The van der Waals surface area contributed by atoms with E-state index in [1.165, 1.54) is 6.33 Å². The molecular weight excluding hydrogens is 418 g/mol. The first-order valence-electron chi connectivity index (χ1n) is 9.84. The van der Waals surface area contributed by atoms with Crippen molar-refractivity contribution in [1.29, 1.82) is 0 Å². The zero-order chi connectivity index (χ0) is 23.5. The molecule has 0 atom stereocenters. The van der Waals surface area contributed by atoms with Gasteiger partial charge in [0.2, 0.25) is 5.95 Å². The molecule has 0 aromatic carbocycles. The monoisotopic (exact) mass is 436 g/mol. The van der Waals surface area contributed by atoms with Crippen LogP contribution in [0.25, 0.3) is 0 Å². The first-order chi connectivity index (χ1) is 14.8. The van der Waals surface area contributed by atoms with Crippen molar-refractivity contribution in [2.45, 2.75) is 56.5 Å². The number of nitrogens with one attached hydrogen (secondary N) is 1. The molecule has 3 heterocycles. The summed E-state index contributed by atoms with van der Waals surface area (Å²) in [7, 11) is 16.9. The summed E-state index contributed by atoms with van der Waals surface area (Å²) in [6, 6.07) is 0. The highest BCUT2D eigenvalue weighted by molar-refractivity contribution is 6.56. The van der Waals surface area contributed by atoms with Crippen molar-refractivity contribution in [2.75, 3.05) is 5.32 Å². The van der Waals surface area contributed by atoms with Crippen LogP contribution < -0.4 is 5.32 Å². The maximum absolute atomic E-state index is 13.3. The van der Waals surface area contributed by atoms with Crippen LogP contribution in [-0.2, 0) is 17.0 Å². The van der Waals surface area contributed by atoms with Gasteiger partial charge in [0.05, 0.1) is 46.2 Å². The largest absolute Gasteiger partial charge is 0.419 e. The van der Waals surface area contributed by atoms with E-state index in [0.717, 1.165) is 10.9 Å². The quantitative estimate of drug-likeness (QED) is 0.596. The molecule has 14 heteroatoms. The number of alkyl halides is 3. The molecule has 8 nitrogen and oxygen atoms in total. The minimum absolute atomic E-state index is 0.0175. The van der Waals surface area contributed by atoms with Gasteiger partial charge in [-0.15, -0.1) is 0 Å². The van der Waals surface area contributed by atoms with E-state index in [4.69, 9.17) is 23.5 Å². The van der Waals surface area contributed by atoms with E-state index in [0.29, 0.717) is 30.0 Å². The van der Waals surface area contributed by atoms with Crippen molar-refractivity contribution in [2.24, 2.45) is 0 Å². The van der Waals surface area contributed by atoms with E-state index in [2.05, 4.69) is 30.5 Å². The molecule has 1 aliphatic carbocycles. The van der Waals surface area contributed by atoms with Crippen molar-refractivity contribution < 1.29 is 13.2 Å². The average molecular weight is 436 g/mol. The number of hydrogen-bond donors (Lipinski definition) is 1. The molecule has 0 saturated heterocycles. The summed E-state index contributed by atoms with van der Waals surface area (Å²) < 4.78 is 42.6. The Morgan fingerprint density at radius 3 is 2.31 bits per heavy atom. The lowest BCUT2D eigenvalue weighted by atomic mass is 9.49. The summed E-state index contributed by atoms with van der Waals surface area (Å²) in [5.74, 6) is 0.236. The van der Waals surface area contributed by atoms with E-state index in [1.54, 1.807) is 17.8 Å². The van der Waals surface area contributed by atoms with Gasteiger partial charge in [0.25, 0.3) is 0 Å². The second-order valence-electron chi connectivity index (χ2n) is 8.42. The smallest absolute Gasteiger partial charge is 0.321 e. The van der Waals surface area contributed by atoms with Crippen LogP contribution in [0.2, 0.25) is 0 Å². The van der Waals surface area contributed by atoms with E-state index >= 15 is 0 Å². The van der Waals surface area contributed by atoms with E-state index in [9.17, 15) is 13.2 Å². The molecular formula is C18H18B3F3N8. The molecule has 1 aliphatic rings. The summed E-state index contributed by atoms with van der Waals surface area (Å²) in [5, 5.41) is 10.00. The van der Waals surface area contributed by atoms with Crippen molar-refractivity contribution in [3.8, 4) is 0 Å². The molecule has 6 radical (unpaired) electrons. The van der Waals surface area contributed by atoms with Gasteiger partial charge in [0, 0.05) is 18.3 Å². The lowest BCUT2D eigenvalue weighted by molar-refractivity contribution is -0.138. The molecule has 3 aromatic heterocycles. The second kappa shape index (κ2) is 7.38. The van der Waals surface area contributed by atoms with Crippen molar-refractivity contribution in [3.63, 3.8) is 0 Å². The number of hydrogen-bond acceptors (Lipinski definition) is 6. The van der Waals surface area contributed by atoms with Gasteiger partial charge in [0.15, 0.2) is 5.82 Å². The Hall–Kier alpha value is -2.79. The Labute approximate surface area is 186 Å². The maximum atomic E-state index is 13.3. The highest BCUT2D eigenvalue weighted by atomic mass is 19.4. The number of halogens is 3. The topological polar surface area (TPSA) is 86.3 Å². The van der Waals surface area contributed by atoms with E-state index in [-0.39, 0.29) is 17.6 Å². The molecule has 1 fully saturated rings. The number of rotatable bonds is 6. The van der Waals surface area contributed by atoms with Crippen LogP contribution in [0, 0.1) is 6.92 Å². The summed E-state index contributed by atoms with van der Waals surface area (Å²) in [6.45, 7) is 5.40. The first-order valence-corrected chi connectivity index (χ1v) is 9.84. The van der Waals surface area contributed by atoms with Crippen LogP contribution in [0.15, 0.2) is 18.7 Å². The fourth-order valence-electron chi connectivity index (χ4n) is 3.16. The minimum atomic E-state index is -4.49. The third-order valence-electron chi connectivity index (χ3n) is 5.24. The third kappa shape index (κ3) is 4.27. The van der Waals surface area contributed by atoms with Crippen LogP contribution in [0.1, 0.15) is 55.4 Å².